The van der Waals surface area contributed by atoms with Crippen molar-refractivity contribution >= 4 is 11.5 Å². The molecule has 0 saturated carbocycles. The molecule has 0 aliphatic rings. The summed E-state index contributed by atoms with van der Waals surface area (Å²) in [5.41, 5.74) is 1.35. The normalized spacial score (nSPS) is 10.2. The summed E-state index contributed by atoms with van der Waals surface area (Å²) in [4.78, 5) is 10.5. The van der Waals surface area contributed by atoms with Gasteiger partial charge in [0, 0.05) is 11.6 Å². The monoisotopic (exact) mass is 186 g/mol. The smallest absolute Gasteiger partial charge is 0.329 e. The van der Waals surface area contributed by atoms with E-state index < -0.39 is 5.97 Å². The fraction of sp³-hybridized carbons (Fsp3) is 0.0833. The van der Waals surface area contributed by atoms with Gasteiger partial charge in [-0.3, -0.25) is 0 Å². The fourth-order valence-corrected chi connectivity index (χ4v) is 1.07. The van der Waals surface area contributed by atoms with Crippen LogP contribution in [0.1, 0.15) is 12.5 Å². The lowest BCUT2D eigenvalue weighted by Crippen LogP contribution is -1.90. The van der Waals surface area contributed by atoms with Crippen LogP contribution in [0.4, 0.5) is 0 Å². The van der Waals surface area contributed by atoms with Crippen molar-refractivity contribution in [3.8, 4) is 11.8 Å². The molecule has 70 valence electrons. The first kappa shape index (κ1) is 10.1. The van der Waals surface area contributed by atoms with Crippen LogP contribution in [0, 0.1) is 11.8 Å². The first-order valence-electron chi connectivity index (χ1n) is 4.17. The van der Waals surface area contributed by atoms with Crippen LogP contribution in [-0.2, 0) is 4.79 Å². The highest BCUT2D eigenvalue weighted by Gasteiger charge is 1.99. The number of carboxylic acids is 1. The zero-order chi connectivity index (χ0) is 10.4. The van der Waals surface area contributed by atoms with Gasteiger partial charge in [-0.25, -0.2) is 4.79 Å². The predicted molar refractivity (Wildman–Crippen MR) is 55.5 cm³/mol. The Hall–Kier alpha value is -2.01. The van der Waals surface area contributed by atoms with Gasteiger partial charge in [0.2, 0.25) is 0 Å². The van der Waals surface area contributed by atoms with Crippen LogP contribution in [0.25, 0.3) is 5.57 Å². The lowest BCUT2D eigenvalue weighted by Gasteiger charge is -1.97. The molecule has 1 aromatic rings. The topological polar surface area (TPSA) is 37.3 Å². The van der Waals surface area contributed by atoms with Crippen molar-refractivity contribution in [2.45, 2.75) is 6.92 Å². The first-order chi connectivity index (χ1) is 6.74. The molecular formula is C12H10O2. The van der Waals surface area contributed by atoms with E-state index in [1.54, 1.807) is 6.92 Å². The van der Waals surface area contributed by atoms with Crippen molar-refractivity contribution in [2.24, 2.45) is 0 Å². The third-order valence-electron chi connectivity index (χ3n) is 1.61. The minimum atomic E-state index is -0.980. The van der Waals surface area contributed by atoms with Gasteiger partial charge >= 0.3 is 5.97 Å². The van der Waals surface area contributed by atoms with Crippen LogP contribution in [-0.4, -0.2) is 11.1 Å². The Morgan fingerprint density at radius 1 is 1.36 bits per heavy atom. The number of hydrogen-bond acceptors (Lipinski definition) is 1. The van der Waals surface area contributed by atoms with E-state index in [2.05, 4.69) is 11.8 Å². The largest absolute Gasteiger partial charge is 0.478 e. The molecule has 1 N–H and O–H groups in total. The summed E-state index contributed by atoms with van der Waals surface area (Å²) in [6.45, 7) is 1.68. The molecule has 0 aliphatic carbocycles. The molecular weight excluding hydrogens is 176 g/mol. The summed E-state index contributed by atoms with van der Waals surface area (Å²) in [5.74, 6) is 4.47. The molecule has 0 aliphatic heterocycles. The maximum absolute atomic E-state index is 10.5. The lowest BCUT2D eigenvalue weighted by molar-refractivity contribution is -0.131. The number of aliphatic carboxylic acids is 1. The SMILES string of the molecule is CC#C/C(=C/C(=O)O)c1ccccc1. The van der Waals surface area contributed by atoms with Crippen LogP contribution in [0.2, 0.25) is 0 Å². The van der Waals surface area contributed by atoms with Crippen LogP contribution >= 0.6 is 0 Å². The Morgan fingerprint density at radius 2 is 2.00 bits per heavy atom. The van der Waals surface area contributed by atoms with Crippen molar-refractivity contribution in [1.82, 2.24) is 0 Å². The molecule has 14 heavy (non-hydrogen) atoms. The molecule has 0 amide bonds. The second kappa shape index (κ2) is 4.88. The quantitative estimate of drug-likeness (QED) is 0.567. The third-order valence-corrected chi connectivity index (χ3v) is 1.61. The molecule has 0 radical (unpaired) electrons. The third kappa shape index (κ3) is 2.80. The maximum Gasteiger partial charge on any atom is 0.329 e. The number of carbonyl (C=O) groups is 1. The summed E-state index contributed by atoms with van der Waals surface area (Å²) >= 11 is 0. The molecule has 0 bridgehead atoms. The first-order valence-corrected chi connectivity index (χ1v) is 4.17. The van der Waals surface area contributed by atoms with Crippen LogP contribution in [0.5, 0.6) is 0 Å². The Kier molecular flexibility index (Phi) is 3.51. The number of allylic oxidation sites excluding steroid dienone is 1. The maximum atomic E-state index is 10.5. The van der Waals surface area contributed by atoms with Crippen molar-refractivity contribution < 1.29 is 9.90 Å². The molecule has 2 heteroatoms. The van der Waals surface area contributed by atoms with Gasteiger partial charge in [-0.2, -0.15) is 0 Å². The fourth-order valence-electron chi connectivity index (χ4n) is 1.07. The van der Waals surface area contributed by atoms with Crippen LogP contribution in [0.15, 0.2) is 36.4 Å². The van der Waals surface area contributed by atoms with Crippen LogP contribution in [0.3, 0.4) is 0 Å². The minimum absolute atomic E-state index is 0.528. The molecule has 2 nitrogen and oxygen atoms in total. The second-order valence-corrected chi connectivity index (χ2v) is 2.64. The molecule has 0 fully saturated rings. The average molecular weight is 186 g/mol. The number of hydrogen-bond donors (Lipinski definition) is 1. The molecule has 1 aromatic carbocycles. The summed E-state index contributed by atoms with van der Waals surface area (Å²) in [6.07, 6.45) is 1.12. The zero-order valence-corrected chi connectivity index (χ0v) is 7.82. The van der Waals surface area contributed by atoms with Crippen molar-refractivity contribution in [1.29, 1.82) is 0 Å². The number of carboxylic acid groups (broad SMARTS) is 1. The van der Waals surface area contributed by atoms with E-state index in [9.17, 15) is 4.79 Å². The molecule has 0 saturated heterocycles. The molecule has 0 unspecified atom stereocenters. The summed E-state index contributed by atoms with van der Waals surface area (Å²) in [7, 11) is 0. The molecule has 1 rings (SSSR count). The molecule has 0 heterocycles. The van der Waals surface area contributed by atoms with Gasteiger partial charge in [-0.05, 0) is 12.5 Å². The van der Waals surface area contributed by atoms with Gasteiger partial charge in [0.1, 0.15) is 0 Å². The highest BCUT2D eigenvalue weighted by molar-refractivity contribution is 5.94. The van der Waals surface area contributed by atoms with E-state index in [1.807, 2.05) is 30.3 Å². The van der Waals surface area contributed by atoms with E-state index in [4.69, 9.17) is 5.11 Å². The van der Waals surface area contributed by atoms with Gasteiger partial charge in [-0.15, -0.1) is 5.92 Å². The van der Waals surface area contributed by atoms with E-state index in [0.717, 1.165) is 11.6 Å². The van der Waals surface area contributed by atoms with Crippen molar-refractivity contribution in [2.75, 3.05) is 0 Å². The Balaban J connectivity index is 3.12. The van der Waals surface area contributed by atoms with E-state index in [-0.39, 0.29) is 0 Å². The molecule has 0 aromatic heterocycles. The summed E-state index contributed by atoms with van der Waals surface area (Å²) < 4.78 is 0. The highest BCUT2D eigenvalue weighted by atomic mass is 16.4. The highest BCUT2D eigenvalue weighted by Crippen LogP contribution is 2.12. The Bertz CT molecular complexity index is 405. The average Bonchev–Trinajstić information content (AvgIpc) is 2.18. The van der Waals surface area contributed by atoms with E-state index in [0.29, 0.717) is 5.57 Å². The number of rotatable bonds is 2. The standard InChI is InChI=1S/C12H10O2/c1-2-6-11(9-12(13)14)10-7-4-3-5-8-10/h3-5,7-9H,1H3,(H,13,14)/b11-9-. The Morgan fingerprint density at radius 3 is 2.50 bits per heavy atom. The number of benzene rings is 1. The molecule has 0 spiro atoms. The van der Waals surface area contributed by atoms with E-state index >= 15 is 0 Å². The molecule has 0 atom stereocenters. The van der Waals surface area contributed by atoms with Gasteiger partial charge in [0.25, 0.3) is 0 Å². The van der Waals surface area contributed by atoms with Crippen LogP contribution < -0.4 is 0 Å². The van der Waals surface area contributed by atoms with Crippen molar-refractivity contribution in [3.63, 3.8) is 0 Å². The Labute approximate surface area is 82.9 Å². The second-order valence-electron chi connectivity index (χ2n) is 2.64. The summed E-state index contributed by atoms with van der Waals surface area (Å²) in [6, 6.07) is 9.24. The van der Waals surface area contributed by atoms with Gasteiger partial charge in [-0.1, -0.05) is 36.3 Å². The van der Waals surface area contributed by atoms with Crippen molar-refractivity contribution in [3.05, 3.63) is 42.0 Å². The van der Waals surface area contributed by atoms with E-state index in [1.165, 1.54) is 0 Å². The van der Waals surface area contributed by atoms with Gasteiger partial charge in [0.15, 0.2) is 0 Å². The minimum Gasteiger partial charge on any atom is -0.478 e. The van der Waals surface area contributed by atoms with Gasteiger partial charge < -0.3 is 5.11 Å². The predicted octanol–water partition coefficient (Wildman–Crippen LogP) is 2.18. The lowest BCUT2D eigenvalue weighted by atomic mass is 10.1. The zero-order valence-electron chi connectivity index (χ0n) is 7.82. The van der Waals surface area contributed by atoms with Gasteiger partial charge in [0.05, 0.1) is 0 Å². The summed E-state index contributed by atoms with van der Waals surface area (Å²) in [5, 5.41) is 8.63.